The quantitative estimate of drug-likeness (QED) is 0.0368. The summed E-state index contributed by atoms with van der Waals surface area (Å²) in [6.07, 6.45) is 8.13. The van der Waals surface area contributed by atoms with E-state index in [-0.39, 0.29) is 48.8 Å². The lowest BCUT2D eigenvalue weighted by Gasteiger charge is -2.15. The minimum atomic E-state index is -4.60. The number of rotatable bonds is 22. The van der Waals surface area contributed by atoms with Gasteiger partial charge in [0.25, 0.3) is 0 Å². The zero-order valence-corrected chi connectivity index (χ0v) is 40.9. The fraction of sp³-hybridized carbons (Fsp3) is 0.380. The Morgan fingerprint density at radius 3 is 2.22 bits per heavy atom. The summed E-state index contributed by atoms with van der Waals surface area (Å²) in [5, 5.41) is 14.2. The fourth-order valence-corrected chi connectivity index (χ4v) is 9.45. The lowest BCUT2D eigenvalue weighted by atomic mass is 10.1. The molecule has 74 heavy (non-hydrogen) atoms. The summed E-state index contributed by atoms with van der Waals surface area (Å²) in [5.41, 5.74) is 25.4. The van der Waals surface area contributed by atoms with Gasteiger partial charge in [-0.1, -0.05) is 11.2 Å². The molecule has 0 radical (unpaired) electrons. The number of nitrogen functional groups attached to an aromatic ring is 3. The number of ether oxygens (including phenoxy) is 2. The van der Waals surface area contributed by atoms with E-state index in [9.17, 15) is 13.2 Å². The third-order valence-corrected chi connectivity index (χ3v) is 12.7. The van der Waals surface area contributed by atoms with E-state index in [1.165, 1.54) is 11.6 Å². The Labute approximate surface area is 422 Å². The van der Waals surface area contributed by atoms with Gasteiger partial charge in [0.1, 0.15) is 33.7 Å². The van der Waals surface area contributed by atoms with Crippen molar-refractivity contribution in [3.63, 3.8) is 0 Å². The second-order valence-corrected chi connectivity index (χ2v) is 18.4. The molecule has 0 bridgehead atoms. The minimum Gasteiger partial charge on any atom is -0.376 e. The Morgan fingerprint density at radius 2 is 1.49 bits per heavy atom. The molecule has 1 aliphatic rings. The van der Waals surface area contributed by atoms with Crippen LogP contribution in [0.2, 0.25) is 0 Å². The summed E-state index contributed by atoms with van der Waals surface area (Å²) in [4.78, 5) is 35.7. The highest BCUT2D eigenvalue weighted by Gasteiger charge is 2.32. The number of nitrogens with one attached hydrogen (secondary N) is 3. The van der Waals surface area contributed by atoms with Gasteiger partial charge in [-0.3, -0.25) is 4.98 Å². The van der Waals surface area contributed by atoms with Crippen LogP contribution < -0.4 is 33.2 Å². The predicted molar refractivity (Wildman–Crippen MR) is 274 cm³/mol. The Hall–Kier alpha value is -8.12. The predicted octanol–water partition coefficient (Wildman–Crippen LogP) is 7.15. The van der Waals surface area contributed by atoms with Crippen LogP contribution in [0.3, 0.4) is 0 Å². The second-order valence-electron chi connectivity index (χ2n) is 18.4. The zero-order chi connectivity index (χ0) is 51.3. The van der Waals surface area contributed by atoms with Gasteiger partial charge in [-0.15, -0.1) is 0 Å². The molecule has 386 valence electrons. The Kier molecular flexibility index (Phi) is 14.4. The number of aryl methyl sites for hydroxylation is 2. The molecule has 2 atom stereocenters. The summed E-state index contributed by atoms with van der Waals surface area (Å²) >= 11 is 0. The van der Waals surface area contributed by atoms with Crippen LogP contribution in [0.1, 0.15) is 72.3 Å². The molecule has 24 heteroatoms. The third-order valence-electron chi connectivity index (χ3n) is 12.7. The smallest absolute Gasteiger partial charge is 0.376 e. The summed E-state index contributed by atoms with van der Waals surface area (Å²) in [5.74, 6) is 2.68. The number of anilines is 6. The minimum absolute atomic E-state index is 0.00189. The first-order chi connectivity index (χ1) is 35.8. The summed E-state index contributed by atoms with van der Waals surface area (Å²) in [6.45, 7) is 7.39. The molecule has 9 aromatic heterocycles. The van der Waals surface area contributed by atoms with E-state index in [1.54, 1.807) is 23.6 Å². The molecule has 21 nitrogen and oxygen atoms in total. The number of hydrogen-bond donors (Lipinski definition) is 6. The SMILES string of the molecule is Cc1cc(CNc2nc(N)nc3c(CC(C)OCCNc4nc(N)nc5ccn(Cc6cc(CCCCNc7nc(N)nc8ccn(C[C@H]9CCCO9)c78)ccn6)c45)cn(Cc4cccc(C(F)(F)F)n4)c23)no1. The highest BCUT2D eigenvalue weighted by molar-refractivity contribution is 5.91. The first-order valence-corrected chi connectivity index (χ1v) is 24.5. The van der Waals surface area contributed by atoms with Crippen LogP contribution in [-0.2, 0) is 54.7 Å². The topological polar surface area (TPSA) is 277 Å². The van der Waals surface area contributed by atoms with E-state index in [2.05, 4.69) is 66.6 Å². The maximum atomic E-state index is 13.7. The number of fused-ring (bicyclic) bond motifs is 3. The Bertz CT molecular complexity index is 3400. The van der Waals surface area contributed by atoms with Crippen molar-refractivity contribution in [3.05, 3.63) is 113 Å². The van der Waals surface area contributed by atoms with E-state index in [4.69, 9.17) is 36.2 Å². The van der Waals surface area contributed by atoms with Gasteiger partial charge in [0.05, 0.1) is 66.4 Å². The van der Waals surface area contributed by atoms with Gasteiger partial charge in [0.15, 0.2) is 17.5 Å². The molecule has 10 heterocycles. The van der Waals surface area contributed by atoms with Gasteiger partial charge in [0.2, 0.25) is 17.8 Å². The average Bonchev–Trinajstić information content (AvgIpc) is 4.23. The van der Waals surface area contributed by atoms with Crippen LogP contribution in [0.15, 0.2) is 77.8 Å². The molecule has 9 N–H and O–H groups in total. The molecule has 10 rings (SSSR count). The normalized spacial score (nSPS) is 14.4. The molecule has 0 saturated carbocycles. The van der Waals surface area contributed by atoms with Crippen LogP contribution in [0.4, 0.5) is 48.5 Å². The largest absolute Gasteiger partial charge is 0.433 e. The van der Waals surface area contributed by atoms with Crippen molar-refractivity contribution in [2.75, 3.05) is 59.5 Å². The molecule has 1 aliphatic heterocycles. The molecule has 1 saturated heterocycles. The molecule has 0 aromatic carbocycles. The van der Waals surface area contributed by atoms with Gasteiger partial charge in [0, 0.05) is 63.5 Å². The van der Waals surface area contributed by atoms with Crippen molar-refractivity contribution in [1.82, 2.24) is 58.7 Å². The molecular formula is C50H57F3N18O3. The van der Waals surface area contributed by atoms with Crippen LogP contribution >= 0.6 is 0 Å². The molecule has 9 aromatic rings. The van der Waals surface area contributed by atoms with Crippen molar-refractivity contribution in [3.8, 4) is 0 Å². The van der Waals surface area contributed by atoms with Gasteiger partial charge in [-0.05, 0) is 93.5 Å². The van der Waals surface area contributed by atoms with Gasteiger partial charge in [-0.2, -0.15) is 28.1 Å². The van der Waals surface area contributed by atoms with E-state index < -0.39 is 11.9 Å². The molecule has 1 unspecified atom stereocenters. The fourth-order valence-electron chi connectivity index (χ4n) is 9.45. The Morgan fingerprint density at radius 1 is 0.770 bits per heavy atom. The van der Waals surface area contributed by atoms with Crippen LogP contribution in [-0.4, -0.2) is 97.2 Å². The Balaban J connectivity index is 0.764. The standard InChI is InChI=1S/C50H57F3N18O3/c1-29(21-32-25-71(26-33-8-5-10-39(61-33)50(51,52)53)43-40(32)64-49(56)67-46(43)60-24-34-22-30(2)74-68-34)72-20-16-59-45-41-37(62-48(55)66-45)12-17-69(41)27-35-23-31(11-15-57-35)7-3-4-14-58-44-42-38(63-47(54)65-44)13-18-70(42)28-36-9-6-19-73-36/h5,8,10-13,15,17-18,22-23,25,29,36H,3-4,6-7,9,14,16,19-21,24,26-28H2,1-2H3,(H3,54,58,63,65)(H3,55,59,62,66)(H3,56,60,64,67)/t29?,36-/m1/s1. The molecule has 0 spiro atoms. The first kappa shape index (κ1) is 49.5. The third kappa shape index (κ3) is 11.5. The van der Waals surface area contributed by atoms with Gasteiger partial charge >= 0.3 is 6.18 Å². The van der Waals surface area contributed by atoms with E-state index in [0.717, 1.165) is 91.5 Å². The number of nitrogens with zero attached hydrogens (tertiary/aromatic N) is 12. The van der Waals surface area contributed by atoms with Crippen molar-refractivity contribution < 1.29 is 27.2 Å². The number of aromatic nitrogens is 12. The van der Waals surface area contributed by atoms with E-state index in [0.29, 0.717) is 65.8 Å². The van der Waals surface area contributed by atoms with Crippen LogP contribution in [0, 0.1) is 6.92 Å². The number of alkyl halides is 3. The van der Waals surface area contributed by atoms with Crippen LogP contribution in [0.25, 0.3) is 33.1 Å². The highest BCUT2D eigenvalue weighted by Crippen LogP contribution is 2.32. The van der Waals surface area contributed by atoms with Crippen LogP contribution in [0.5, 0.6) is 0 Å². The van der Waals surface area contributed by atoms with Gasteiger partial charge in [-0.25, -0.2) is 19.9 Å². The first-order valence-electron chi connectivity index (χ1n) is 24.5. The summed E-state index contributed by atoms with van der Waals surface area (Å²) in [6, 6.07) is 13.7. The molecule has 0 amide bonds. The number of unbranched alkanes of at least 4 members (excludes halogenated alkanes) is 1. The second kappa shape index (κ2) is 21.5. The number of hydrogen-bond acceptors (Lipinski definition) is 18. The summed E-state index contributed by atoms with van der Waals surface area (Å²) in [7, 11) is 0. The maximum absolute atomic E-state index is 13.7. The van der Waals surface area contributed by atoms with Gasteiger partial charge < -0.3 is 60.8 Å². The van der Waals surface area contributed by atoms with Crippen molar-refractivity contribution in [1.29, 1.82) is 0 Å². The zero-order valence-electron chi connectivity index (χ0n) is 40.9. The number of halogens is 3. The summed E-state index contributed by atoms with van der Waals surface area (Å²) < 4.78 is 64.4. The van der Waals surface area contributed by atoms with Crippen molar-refractivity contribution in [2.45, 2.75) is 96.9 Å². The van der Waals surface area contributed by atoms with Crippen molar-refractivity contribution in [2.24, 2.45) is 0 Å². The lowest BCUT2D eigenvalue weighted by Crippen LogP contribution is -2.18. The molecule has 1 fully saturated rings. The van der Waals surface area contributed by atoms with Crippen molar-refractivity contribution >= 4 is 68.4 Å². The molecule has 0 aliphatic carbocycles. The number of pyridine rings is 2. The molecular weight excluding hydrogens is 958 g/mol. The maximum Gasteiger partial charge on any atom is 0.433 e. The highest BCUT2D eigenvalue weighted by atomic mass is 19.4. The monoisotopic (exact) mass is 1010 g/mol. The lowest BCUT2D eigenvalue weighted by molar-refractivity contribution is -0.141. The average molecular weight is 1020 g/mol. The van der Waals surface area contributed by atoms with E-state index >= 15 is 0 Å². The number of nitrogens with two attached hydrogens (primary N) is 3. The van der Waals surface area contributed by atoms with E-state index in [1.807, 2.05) is 54.5 Å².